The Hall–Kier alpha value is -1.07. The molecule has 0 radical (unpaired) electrons. The van der Waals surface area contributed by atoms with Crippen molar-refractivity contribution in [1.82, 2.24) is 0 Å². The Kier molecular flexibility index (Phi) is 6.02. The molecule has 110 valence electrons. The van der Waals surface area contributed by atoms with Crippen LogP contribution in [0, 0.1) is 0 Å². The standard InChI is InChI=1S/C14H17BrClNO3/c1-14(2,3)20-13(19)7-6-12(18)17-11-8-9(15)4-5-10(11)16/h4-5,8H,6-7H2,1-3H3,(H,17,18). The number of halogens is 2. The Labute approximate surface area is 132 Å². The minimum atomic E-state index is -0.541. The van der Waals surface area contributed by atoms with Crippen molar-refractivity contribution >= 4 is 45.1 Å². The maximum Gasteiger partial charge on any atom is 0.306 e. The molecule has 0 aliphatic carbocycles. The van der Waals surface area contributed by atoms with Crippen LogP contribution in [0.4, 0.5) is 5.69 Å². The molecule has 1 N–H and O–H groups in total. The molecule has 0 atom stereocenters. The minimum absolute atomic E-state index is 0.0364. The second-order valence-corrected chi connectivity index (χ2v) is 6.58. The lowest BCUT2D eigenvalue weighted by Gasteiger charge is -2.19. The van der Waals surface area contributed by atoms with Crippen molar-refractivity contribution in [3.8, 4) is 0 Å². The highest BCUT2D eigenvalue weighted by molar-refractivity contribution is 9.10. The van der Waals surface area contributed by atoms with E-state index in [2.05, 4.69) is 21.2 Å². The second-order valence-electron chi connectivity index (χ2n) is 5.26. The van der Waals surface area contributed by atoms with Gasteiger partial charge >= 0.3 is 5.97 Å². The summed E-state index contributed by atoms with van der Waals surface area (Å²) in [6.45, 7) is 5.35. The average Bonchev–Trinajstić information content (AvgIpc) is 2.29. The summed E-state index contributed by atoms with van der Waals surface area (Å²) in [6.07, 6.45) is 0.0898. The lowest BCUT2D eigenvalue weighted by atomic mass is 10.2. The summed E-state index contributed by atoms with van der Waals surface area (Å²) in [7, 11) is 0. The predicted octanol–water partition coefficient (Wildman–Crippen LogP) is 4.16. The number of rotatable bonds is 4. The largest absolute Gasteiger partial charge is 0.460 e. The number of nitrogens with one attached hydrogen (secondary N) is 1. The van der Waals surface area contributed by atoms with Gasteiger partial charge in [0.1, 0.15) is 5.60 Å². The highest BCUT2D eigenvalue weighted by Gasteiger charge is 2.17. The molecule has 4 nitrogen and oxygen atoms in total. The van der Waals surface area contributed by atoms with Crippen molar-refractivity contribution < 1.29 is 14.3 Å². The van der Waals surface area contributed by atoms with Crippen LogP contribution in [0.2, 0.25) is 5.02 Å². The molecule has 0 aliphatic rings. The van der Waals surface area contributed by atoms with Gasteiger partial charge in [-0.15, -0.1) is 0 Å². The predicted molar refractivity (Wildman–Crippen MR) is 82.9 cm³/mol. The van der Waals surface area contributed by atoms with Crippen molar-refractivity contribution in [2.45, 2.75) is 39.2 Å². The maximum atomic E-state index is 11.8. The van der Waals surface area contributed by atoms with Crippen LogP contribution in [0.3, 0.4) is 0 Å². The lowest BCUT2D eigenvalue weighted by molar-refractivity contribution is -0.155. The molecular weight excluding hydrogens is 346 g/mol. The van der Waals surface area contributed by atoms with E-state index < -0.39 is 11.6 Å². The molecule has 0 unspecified atom stereocenters. The van der Waals surface area contributed by atoms with Crippen LogP contribution in [-0.2, 0) is 14.3 Å². The molecular formula is C14H17BrClNO3. The summed E-state index contributed by atoms with van der Waals surface area (Å²) in [6, 6.07) is 5.15. The lowest BCUT2D eigenvalue weighted by Crippen LogP contribution is -2.24. The summed E-state index contributed by atoms with van der Waals surface area (Å²) in [5.74, 6) is -0.677. The summed E-state index contributed by atoms with van der Waals surface area (Å²) < 4.78 is 5.94. The van der Waals surface area contributed by atoms with Crippen LogP contribution in [0.1, 0.15) is 33.6 Å². The molecule has 0 aromatic heterocycles. The number of carbonyl (C=O) groups excluding carboxylic acids is 2. The van der Waals surface area contributed by atoms with E-state index >= 15 is 0 Å². The molecule has 1 amide bonds. The molecule has 0 aliphatic heterocycles. The second kappa shape index (κ2) is 7.09. The van der Waals surface area contributed by atoms with Crippen LogP contribution < -0.4 is 5.32 Å². The molecule has 0 saturated carbocycles. The summed E-state index contributed by atoms with van der Waals surface area (Å²) in [4.78, 5) is 23.3. The van der Waals surface area contributed by atoms with Gasteiger partial charge in [0.2, 0.25) is 5.91 Å². The van der Waals surface area contributed by atoms with Gasteiger partial charge in [-0.05, 0) is 39.0 Å². The van der Waals surface area contributed by atoms with Crippen molar-refractivity contribution in [1.29, 1.82) is 0 Å². The molecule has 0 heterocycles. The number of amides is 1. The fraction of sp³-hybridized carbons (Fsp3) is 0.429. The quantitative estimate of drug-likeness (QED) is 0.818. The zero-order valence-corrected chi connectivity index (χ0v) is 14.0. The molecule has 0 saturated heterocycles. The maximum absolute atomic E-state index is 11.8. The van der Waals surface area contributed by atoms with E-state index in [1.165, 1.54) is 0 Å². The van der Waals surface area contributed by atoms with Crippen LogP contribution in [0.25, 0.3) is 0 Å². The molecule has 0 spiro atoms. The monoisotopic (exact) mass is 361 g/mol. The first-order chi connectivity index (χ1) is 9.17. The number of ether oxygens (including phenoxy) is 1. The molecule has 1 aromatic carbocycles. The van der Waals surface area contributed by atoms with Crippen LogP contribution in [0.15, 0.2) is 22.7 Å². The number of benzene rings is 1. The van der Waals surface area contributed by atoms with Gasteiger partial charge in [-0.25, -0.2) is 0 Å². The molecule has 6 heteroatoms. The average molecular weight is 363 g/mol. The first kappa shape index (κ1) is 17.0. The van der Waals surface area contributed by atoms with Gasteiger partial charge in [0.05, 0.1) is 17.1 Å². The molecule has 1 rings (SSSR count). The van der Waals surface area contributed by atoms with Gasteiger partial charge in [-0.3, -0.25) is 9.59 Å². The van der Waals surface area contributed by atoms with Crippen molar-refractivity contribution in [2.75, 3.05) is 5.32 Å². The Morgan fingerprint density at radius 2 is 1.95 bits per heavy atom. The number of hydrogen-bond donors (Lipinski definition) is 1. The minimum Gasteiger partial charge on any atom is -0.460 e. The Bertz CT molecular complexity index is 512. The fourth-order valence-corrected chi connectivity index (χ4v) is 1.94. The van der Waals surface area contributed by atoms with Gasteiger partial charge in [-0.2, -0.15) is 0 Å². The van der Waals surface area contributed by atoms with Gasteiger partial charge in [-0.1, -0.05) is 27.5 Å². The number of carbonyl (C=O) groups is 2. The van der Waals surface area contributed by atoms with E-state index in [0.29, 0.717) is 10.7 Å². The zero-order valence-electron chi connectivity index (χ0n) is 11.6. The van der Waals surface area contributed by atoms with Crippen LogP contribution in [-0.4, -0.2) is 17.5 Å². The molecule has 20 heavy (non-hydrogen) atoms. The third-order valence-electron chi connectivity index (χ3n) is 2.18. The fourth-order valence-electron chi connectivity index (χ4n) is 1.41. The highest BCUT2D eigenvalue weighted by Crippen LogP contribution is 2.25. The van der Waals surface area contributed by atoms with E-state index in [0.717, 1.165) is 4.47 Å². The Balaban J connectivity index is 2.48. The number of anilines is 1. The van der Waals surface area contributed by atoms with Gasteiger partial charge in [0.15, 0.2) is 0 Å². The van der Waals surface area contributed by atoms with Crippen LogP contribution in [0.5, 0.6) is 0 Å². The summed E-state index contributed by atoms with van der Waals surface area (Å²) in [5, 5.41) is 3.10. The van der Waals surface area contributed by atoms with E-state index in [-0.39, 0.29) is 18.7 Å². The van der Waals surface area contributed by atoms with E-state index in [1.807, 2.05) is 0 Å². The van der Waals surface area contributed by atoms with Crippen molar-refractivity contribution in [3.63, 3.8) is 0 Å². The number of esters is 1. The van der Waals surface area contributed by atoms with Crippen molar-refractivity contribution in [3.05, 3.63) is 27.7 Å². The molecule has 1 aromatic rings. The smallest absolute Gasteiger partial charge is 0.306 e. The third kappa shape index (κ3) is 6.39. The summed E-state index contributed by atoms with van der Waals surface area (Å²) >= 11 is 9.26. The molecule has 0 bridgehead atoms. The molecule has 0 fully saturated rings. The first-order valence-corrected chi connectivity index (χ1v) is 7.31. The van der Waals surface area contributed by atoms with E-state index in [9.17, 15) is 9.59 Å². The van der Waals surface area contributed by atoms with Gasteiger partial charge in [0, 0.05) is 10.9 Å². The first-order valence-electron chi connectivity index (χ1n) is 6.14. The zero-order chi connectivity index (χ0) is 15.3. The Morgan fingerprint density at radius 1 is 1.30 bits per heavy atom. The highest BCUT2D eigenvalue weighted by atomic mass is 79.9. The number of hydrogen-bond acceptors (Lipinski definition) is 3. The summed E-state index contributed by atoms with van der Waals surface area (Å²) in [5.41, 5.74) is -0.0310. The van der Waals surface area contributed by atoms with Crippen LogP contribution >= 0.6 is 27.5 Å². The SMILES string of the molecule is CC(C)(C)OC(=O)CCC(=O)Nc1cc(Br)ccc1Cl. The van der Waals surface area contributed by atoms with E-state index in [4.69, 9.17) is 16.3 Å². The van der Waals surface area contributed by atoms with Gasteiger partial charge in [0.25, 0.3) is 0 Å². The Morgan fingerprint density at radius 3 is 2.55 bits per heavy atom. The topological polar surface area (TPSA) is 55.4 Å². The van der Waals surface area contributed by atoms with Crippen molar-refractivity contribution in [2.24, 2.45) is 0 Å². The van der Waals surface area contributed by atoms with E-state index in [1.54, 1.807) is 39.0 Å². The van der Waals surface area contributed by atoms with Gasteiger partial charge < -0.3 is 10.1 Å². The third-order valence-corrected chi connectivity index (χ3v) is 3.00. The normalized spacial score (nSPS) is 11.1.